The molecule has 0 radical (unpaired) electrons. The smallest absolute Gasteiger partial charge is 0.310 e. The van der Waals surface area contributed by atoms with Gasteiger partial charge in [0.15, 0.2) is 5.78 Å². The lowest BCUT2D eigenvalue weighted by atomic mass is 9.90. The number of methoxy groups -OCH3 is 1. The number of carbonyl (C=O) groups excluding carboxylic acids is 3. The second-order valence-electron chi connectivity index (χ2n) is 5.73. The molecule has 1 amide bonds. The minimum absolute atomic E-state index is 0.133. The number of esters is 1. The van der Waals surface area contributed by atoms with E-state index in [-0.39, 0.29) is 53.7 Å². The molecule has 22 heavy (non-hydrogen) atoms. The second-order valence-corrected chi connectivity index (χ2v) is 5.73. The molecule has 5 nitrogen and oxygen atoms in total. The van der Waals surface area contributed by atoms with Crippen LogP contribution in [0.4, 0.5) is 4.39 Å². The lowest BCUT2D eigenvalue weighted by molar-refractivity contribution is -0.147. The van der Waals surface area contributed by atoms with E-state index in [1.807, 2.05) is 0 Å². The van der Waals surface area contributed by atoms with E-state index in [1.54, 1.807) is 4.90 Å². The molecule has 1 aromatic carbocycles. The maximum absolute atomic E-state index is 13.4. The molecule has 1 saturated heterocycles. The van der Waals surface area contributed by atoms with Crippen LogP contribution in [0.15, 0.2) is 18.2 Å². The summed E-state index contributed by atoms with van der Waals surface area (Å²) in [6, 6.07) is 3.39. The Balaban J connectivity index is 1.96. The SMILES string of the molecule is COC(=O)C1CCC2CC(=O)c3cc(F)ccc3C(=O)N2C1. The Morgan fingerprint density at radius 3 is 2.77 bits per heavy atom. The van der Waals surface area contributed by atoms with Gasteiger partial charge in [0.2, 0.25) is 0 Å². The molecule has 0 aliphatic carbocycles. The first-order chi connectivity index (χ1) is 10.5. The van der Waals surface area contributed by atoms with E-state index in [1.165, 1.54) is 19.2 Å². The van der Waals surface area contributed by atoms with Crippen molar-refractivity contribution in [2.45, 2.75) is 25.3 Å². The fourth-order valence-corrected chi connectivity index (χ4v) is 3.26. The lowest BCUT2D eigenvalue weighted by Crippen LogP contribution is -2.48. The Kier molecular flexibility index (Phi) is 3.68. The summed E-state index contributed by atoms with van der Waals surface area (Å²) in [7, 11) is 1.32. The molecule has 2 aliphatic rings. The fourth-order valence-electron chi connectivity index (χ4n) is 3.26. The molecule has 6 heteroatoms. The van der Waals surface area contributed by atoms with Gasteiger partial charge in [0.1, 0.15) is 5.82 Å². The number of benzene rings is 1. The molecule has 2 unspecified atom stereocenters. The molecular weight excluding hydrogens is 289 g/mol. The zero-order valence-electron chi connectivity index (χ0n) is 12.2. The molecule has 2 heterocycles. The first-order valence-corrected chi connectivity index (χ1v) is 7.23. The van der Waals surface area contributed by atoms with Crippen molar-refractivity contribution in [1.82, 2.24) is 4.90 Å². The predicted molar refractivity (Wildman–Crippen MR) is 74.9 cm³/mol. The van der Waals surface area contributed by atoms with Crippen molar-refractivity contribution in [2.24, 2.45) is 5.92 Å². The molecule has 0 aromatic heterocycles. The molecule has 0 N–H and O–H groups in total. The number of Topliss-reactive ketones (excluding diaryl/α,β-unsaturated/α-hetero) is 1. The van der Waals surface area contributed by atoms with Gasteiger partial charge in [-0.2, -0.15) is 0 Å². The normalized spacial score (nSPS) is 24.4. The monoisotopic (exact) mass is 305 g/mol. The van der Waals surface area contributed by atoms with Crippen LogP contribution in [-0.4, -0.2) is 42.3 Å². The Hall–Kier alpha value is -2.24. The van der Waals surface area contributed by atoms with Crippen molar-refractivity contribution in [3.05, 3.63) is 35.1 Å². The minimum atomic E-state index is -0.535. The zero-order valence-corrected chi connectivity index (χ0v) is 12.2. The summed E-state index contributed by atoms with van der Waals surface area (Å²) in [6.45, 7) is 0.236. The Morgan fingerprint density at radius 1 is 1.27 bits per heavy atom. The van der Waals surface area contributed by atoms with E-state index in [2.05, 4.69) is 0 Å². The van der Waals surface area contributed by atoms with Crippen LogP contribution in [0.5, 0.6) is 0 Å². The molecule has 0 bridgehead atoms. The molecular formula is C16H16FNO4. The van der Waals surface area contributed by atoms with Crippen LogP contribution >= 0.6 is 0 Å². The largest absolute Gasteiger partial charge is 0.469 e. The van der Waals surface area contributed by atoms with Crippen molar-refractivity contribution < 1.29 is 23.5 Å². The average molecular weight is 305 g/mol. The van der Waals surface area contributed by atoms with E-state index in [0.717, 1.165) is 6.07 Å². The quantitative estimate of drug-likeness (QED) is 0.742. The van der Waals surface area contributed by atoms with Crippen LogP contribution < -0.4 is 0 Å². The van der Waals surface area contributed by atoms with Crippen LogP contribution in [0.1, 0.15) is 40.0 Å². The number of nitrogens with zero attached hydrogens (tertiary/aromatic N) is 1. The van der Waals surface area contributed by atoms with Gasteiger partial charge in [-0.1, -0.05) is 0 Å². The van der Waals surface area contributed by atoms with Crippen molar-refractivity contribution in [1.29, 1.82) is 0 Å². The van der Waals surface area contributed by atoms with Gasteiger partial charge in [0.05, 0.1) is 18.6 Å². The highest BCUT2D eigenvalue weighted by Crippen LogP contribution is 2.31. The molecule has 1 aromatic rings. The molecule has 2 atom stereocenters. The van der Waals surface area contributed by atoms with Gasteiger partial charge in [0.25, 0.3) is 5.91 Å². The number of ketones is 1. The van der Waals surface area contributed by atoms with Crippen molar-refractivity contribution in [3.63, 3.8) is 0 Å². The fraction of sp³-hybridized carbons (Fsp3) is 0.438. The third-order valence-electron chi connectivity index (χ3n) is 4.44. The van der Waals surface area contributed by atoms with Gasteiger partial charge in [-0.3, -0.25) is 14.4 Å². The third kappa shape index (κ3) is 2.38. The summed E-state index contributed by atoms with van der Waals surface area (Å²) in [4.78, 5) is 38.3. The van der Waals surface area contributed by atoms with Gasteiger partial charge in [0, 0.05) is 24.6 Å². The lowest BCUT2D eigenvalue weighted by Gasteiger charge is -2.37. The van der Waals surface area contributed by atoms with Crippen LogP contribution in [0, 0.1) is 11.7 Å². The van der Waals surface area contributed by atoms with Crippen molar-refractivity contribution in [3.8, 4) is 0 Å². The van der Waals surface area contributed by atoms with E-state index in [0.29, 0.717) is 12.8 Å². The molecule has 0 spiro atoms. The number of rotatable bonds is 1. The van der Waals surface area contributed by atoms with Crippen LogP contribution in [0.3, 0.4) is 0 Å². The zero-order chi connectivity index (χ0) is 15.9. The minimum Gasteiger partial charge on any atom is -0.469 e. The second kappa shape index (κ2) is 5.51. The number of carbonyl (C=O) groups is 3. The van der Waals surface area contributed by atoms with E-state index < -0.39 is 5.82 Å². The number of fused-ring (bicyclic) bond motifs is 2. The van der Waals surface area contributed by atoms with Gasteiger partial charge in [-0.25, -0.2) is 4.39 Å². The highest BCUT2D eigenvalue weighted by molar-refractivity contribution is 6.10. The maximum Gasteiger partial charge on any atom is 0.310 e. The van der Waals surface area contributed by atoms with E-state index >= 15 is 0 Å². The van der Waals surface area contributed by atoms with Crippen LogP contribution in [0.25, 0.3) is 0 Å². The number of amides is 1. The topological polar surface area (TPSA) is 63.7 Å². The molecule has 116 valence electrons. The number of piperidine rings is 1. The van der Waals surface area contributed by atoms with Crippen molar-refractivity contribution >= 4 is 17.7 Å². The van der Waals surface area contributed by atoms with Gasteiger partial charge < -0.3 is 9.64 Å². The summed E-state index contributed by atoms with van der Waals surface area (Å²) in [5, 5.41) is 0. The highest BCUT2D eigenvalue weighted by atomic mass is 19.1. The Morgan fingerprint density at radius 2 is 2.05 bits per heavy atom. The first-order valence-electron chi connectivity index (χ1n) is 7.23. The van der Waals surface area contributed by atoms with Gasteiger partial charge in [-0.05, 0) is 31.0 Å². The number of hydrogen-bond donors (Lipinski definition) is 0. The van der Waals surface area contributed by atoms with Gasteiger partial charge >= 0.3 is 5.97 Å². The van der Waals surface area contributed by atoms with Gasteiger partial charge in [-0.15, -0.1) is 0 Å². The summed E-state index contributed by atoms with van der Waals surface area (Å²) in [6.07, 6.45) is 1.31. The van der Waals surface area contributed by atoms with Crippen molar-refractivity contribution in [2.75, 3.05) is 13.7 Å². The average Bonchev–Trinajstić information content (AvgIpc) is 2.62. The number of halogens is 1. The Labute approximate surface area is 127 Å². The molecule has 2 aliphatic heterocycles. The predicted octanol–water partition coefficient (Wildman–Crippen LogP) is 1.81. The van der Waals surface area contributed by atoms with E-state index in [9.17, 15) is 18.8 Å². The first kappa shape index (κ1) is 14.7. The number of hydrogen-bond acceptors (Lipinski definition) is 4. The molecule has 1 fully saturated rings. The highest BCUT2D eigenvalue weighted by Gasteiger charge is 2.40. The van der Waals surface area contributed by atoms with Crippen LogP contribution in [-0.2, 0) is 9.53 Å². The summed E-state index contributed by atoms with van der Waals surface area (Å²) in [5.41, 5.74) is 0.341. The third-order valence-corrected chi connectivity index (χ3v) is 4.44. The summed E-state index contributed by atoms with van der Waals surface area (Å²) < 4.78 is 18.1. The molecule has 3 rings (SSSR count). The summed E-state index contributed by atoms with van der Waals surface area (Å²) >= 11 is 0. The molecule has 0 saturated carbocycles. The van der Waals surface area contributed by atoms with Crippen LogP contribution in [0.2, 0.25) is 0 Å². The maximum atomic E-state index is 13.4. The summed E-state index contributed by atoms with van der Waals surface area (Å²) in [5.74, 6) is -1.80. The number of ether oxygens (including phenoxy) is 1. The standard InChI is InChI=1S/C16H16FNO4/c1-22-16(21)9-2-4-11-7-14(19)13-6-10(17)3-5-12(13)15(20)18(11)8-9/h3,5-6,9,11H,2,4,7-8H2,1H3. The van der Waals surface area contributed by atoms with E-state index in [4.69, 9.17) is 4.74 Å². The Bertz CT molecular complexity index is 658.